The number of thiocarbonyl (C=S) groups is 1. The van der Waals surface area contributed by atoms with Crippen LogP contribution in [0.2, 0.25) is 0 Å². The molecule has 0 saturated heterocycles. The number of hydrogen-bond donors (Lipinski definition) is 2. The summed E-state index contributed by atoms with van der Waals surface area (Å²) in [5.74, 6) is 0.0320. The maximum Gasteiger partial charge on any atom is 0.232 e. The molecular formula is C9H12N2O2S2. The standard InChI is InChI=1S/C9H12N2O2S2/c1-2-15(12,13)11-8-5-3-4-7(6-8)9(10)14/h3-6,11H,2H2,1H3,(H2,10,14). The molecule has 0 aliphatic rings. The van der Waals surface area contributed by atoms with E-state index in [9.17, 15) is 8.42 Å². The van der Waals surface area contributed by atoms with E-state index in [1.165, 1.54) is 0 Å². The molecular weight excluding hydrogens is 232 g/mol. The SMILES string of the molecule is CCS(=O)(=O)Nc1cccc(C(N)=S)c1. The number of nitrogens with one attached hydrogen (secondary N) is 1. The molecule has 0 amide bonds. The molecule has 0 aliphatic carbocycles. The Labute approximate surface area is 94.5 Å². The second-order valence-corrected chi connectivity index (χ2v) is 5.40. The van der Waals surface area contributed by atoms with Crippen LogP contribution in [0.3, 0.4) is 0 Å². The first-order valence-corrected chi connectivity index (χ1v) is 6.41. The number of rotatable bonds is 4. The van der Waals surface area contributed by atoms with Gasteiger partial charge in [0.05, 0.1) is 5.75 Å². The van der Waals surface area contributed by atoms with Gasteiger partial charge in [-0.25, -0.2) is 8.42 Å². The highest BCUT2D eigenvalue weighted by atomic mass is 32.2. The van der Waals surface area contributed by atoms with Gasteiger partial charge in [0, 0.05) is 11.3 Å². The van der Waals surface area contributed by atoms with Crippen LogP contribution in [-0.4, -0.2) is 19.2 Å². The molecule has 15 heavy (non-hydrogen) atoms. The second-order valence-electron chi connectivity index (χ2n) is 2.95. The molecule has 0 radical (unpaired) electrons. The van der Waals surface area contributed by atoms with Crippen molar-refractivity contribution < 1.29 is 8.42 Å². The zero-order chi connectivity index (χ0) is 11.5. The van der Waals surface area contributed by atoms with Crippen molar-refractivity contribution in [1.29, 1.82) is 0 Å². The Morgan fingerprint density at radius 3 is 2.73 bits per heavy atom. The van der Waals surface area contributed by atoms with Crippen LogP contribution >= 0.6 is 12.2 Å². The maximum atomic E-state index is 11.3. The summed E-state index contributed by atoms with van der Waals surface area (Å²) in [6, 6.07) is 6.68. The van der Waals surface area contributed by atoms with Gasteiger partial charge in [0.15, 0.2) is 0 Å². The van der Waals surface area contributed by atoms with Crippen molar-refractivity contribution in [2.45, 2.75) is 6.92 Å². The molecule has 0 aliphatic heterocycles. The summed E-state index contributed by atoms with van der Waals surface area (Å²) in [6.45, 7) is 1.57. The second kappa shape index (κ2) is 4.59. The summed E-state index contributed by atoms with van der Waals surface area (Å²) in [6.07, 6.45) is 0. The first-order chi connectivity index (χ1) is 6.94. The molecule has 1 rings (SSSR count). The molecule has 3 N–H and O–H groups in total. The first-order valence-electron chi connectivity index (χ1n) is 4.35. The van der Waals surface area contributed by atoms with Crippen LogP contribution in [0.15, 0.2) is 24.3 Å². The van der Waals surface area contributed by atoms with Gasteiger partial charge in [-0.1, -0.05) is 24.4 Å². The van der Waals surface area contributed by atoms with Gasteiger partial charge in [-0.2, -0.15) is 0 Å². The molecule has 0 heterocycles. The van der Waals surface area contributed by atoms with E-state index >= 15 is 0 Å². The van der Waals surface area contributed by atoms with Gasteiger partial charge < -0.3 is 5.73 Å². The van der Waals surface area contributed by atoms with Crippen molar-refractivity contribution in [3.8, 4) is 0 Å². The van der Waals surface area contributed by atoms with Crippen LogP contribution in [0.1, 0.15) is 12.5 Å². The van der Waals surface area contributed by atoms with Crippen molar-refractivity contribution in [2.75, 3.05) is 10.5 Å². The average Bonchev–Trinajstić information content (AvgIpc) is 2.17. The Kier molecular flexibility index (Phi) is 3.65. The molecule has 1 aromatic rings. The Bertz CT molecular complexity index is 469. The van der Waals surface area contributed by atoms with E-state index in [1.54, 1.807) is 31.2 Å². The monoisotopic (exact) mass is 244 g/mol. The number of benzene rings is 1. The lowest BCUT2D eigenvalue weighted by atomic mass is 10.2. The lowest BCUT2D eigenvalue weighted by Gasteiger charge is -2.07. The summed E-state index contributed by atoms with van der Waals surface area (Å²) in [4.78, 5) is 0.243. The Balaban J connectivity index is 2.97. The number of anilines is 1. The van der Waals surface area contributed by atoms with Crippen molar-refractivity contribution in [3.05, 3.63) is 29.8 Å². The van der Waals surface area contributed by atoms with Crippen LogP contribution in [-0.2, 0) is 10.0 Å². The fraction of sp³-hybridized carbons (Fsp3) is 0.222. The van der Waals surface area contributed by atoms with Crippen LogP contribution < -0.4 is 10.5 Å². The molecule has 0 saturated carbocycles. The Hall–Kier alpha value is -1.14. The third kappa shape index (κ3) is 3.49. The summed E-state index contributed by atoms with van der Waals surface area (Å²) >= 11 is 4.79. The molecule has 0 bridgehead atoms. The van der Waals surface area contributed by atoms with E-state index in [2.05, 4.69) is 4.72 Å². The van der Waals surface area contributed by atoms with Crippen LogP contribution in [0, 0.1) is 0 Å². The topological polar surface area (TPSA) is 72.2 Å². The van der Waals surface area contributed by atoms with E-state index in [0.29, 0.717) is 11.3 Å². The predicted molar refractivity (Wildman–Crippen MR) is 65.4 cm³/mol. The van der Waals surface area contributed by atoms with Crippen molar-refractivity contribution in [2.24, 2.45) is 5.73 Å². The molecule has 4 nitrogen and oxygen atoms in total. The van der Waals surface area contributed by atoms with Crippen LogP contribution in [0.4, 0.5) is 5.69 Å². The fourth-order valence-corrected chi connectivity index (χ4v) is 1.75. The van der Waals surface area contributed by atoms with E-state index < -0.39 is 10.0 Å². The van der Waals surface area contributed by atoms with Gasteiger partial charge in [0.2, 0.25) is 10.0 Å². The van der Waals surface area contributed by atoms with Crippen molar-refractivity contribution in [3.63, 3.8) is 0 Å². The first kappa shape index (κ1) is 11.9. The van der Waals surface area contributed by atoms with Gasteiger partial charge in [-0.3, -0.25) is 4.72 Å². The quantitative estimate of drug-likeness (QED) is 0.777. The highest BCUT2D eigenvalue weighted by Crippen LogP contribution is 2.12. The number of nitrogens with two attached hydrogens (primary N) is 1. The minimum Gasteiger partial charge on any atom is -0.389 e. The fourth-order valence-electron chi connectivity index (χ4n) is 0.988. The lowest BCUT2D eigenvalue weighted by molar-refractivity contribution is 0.602. The molecule has 0 unspecified atom stereocenters. The van der Waals surface area contributed by atoms with Crippen LogP contribution in [0.25, 0.3) is 0 Å². The molecule has 0 aromatic heterocycles. The van der Waals surface area contributed by atoms with E-state index in [-0.39, 0.29) is 10.7 Å². The minimum atomic E-state index is -3.25. The van der Waals surface area contributed by atoms with Gasteiger partial charge in [0.1, 0.15) is 4.99 Å². The van der Waals surface area contributed by atoms with E-state index in [1.807, 2.05) is 0 Å². The Morgan fingerprint density at radius 2 is 2.20 bits per heavy atom. The zero-order valence-corrected chi connectivity index (χ0v) is 9.86. The summed E-state index contributed by atoms with van der Waals surface area (Å²) in [7, 11) is -3.25. The molecule has 6 heteroatoms. The molecule has 82 valence electrons. The molecule has 1 aromatic carbocycles. The summed E-state index contributed by atoms with van der Waals surface area (Å²) in [5, 5.41) is 0. The molecule has 0 fully saturated rings. The lowest BCUT2D eigenvalue weighted by Crippen LogP contribution is -2.15. The minimum absolute atomic E-state index is 0.0320. The number of sulfonamides is 1. The van der Waals surface area contributed by atoms with Gasteiger partial charge in [-0.05, 0) is 19.1 Å². The largest absolute Gasteiger partial charge is 0.389 e. The van der Waals surface area contributed by atoms with Crippen molar-refractivity contribution >= 4 is 32.9 Å². The average molecular weight is 244 g/mol. The Morgan fingerprint density at radius 1 is 1.53 bits per heavy atom. The van der Waals surface area contributed by atoms with E-state index in [4.69, 9.17) is 18.0 Å². The summed E-state index contributed by atoms with van der Waals surface area (Å²) < 4.78 is 25.0. The normalized spacial score (nSPS) is 11.0. The highest BCUT2D eigenvalue weighted by Gasteiger charge is 2.07. The third-order valence-corrected chi connectivity index (χ3v) is 3.34. The van der Waals surface area contributed by atoms with Crippen LogP contribution in [0.5, 0.6) is 0 Å². The van der Waals surface area contributed by atoms with Gasteiger partial charge in [-0.15, -0.1) is 0 Å². The molecule has 0 spiro atoms. The predicted octanol–water partition coefficient (Wildman–Crippen LogP) is 1.08. The van der Waals surface area contributed by atoms with Gasteiger partial charge in [0.25, 0.3) is 0 Å². The van der Waals surface area contributed by atoms with E-state index in [0.717, 1.165) is 0 Å². The smallest absolute Gasteiger partial charge is 0.232 e. The number of hydrogen-bond acceptors (Lipinski definition) is 3. The zero-order valence-electron chi connectivity index (χ0n) is 8.23. The highest BCUT2D eigenvalue weighted by molar-refractivity contribution is 7.92. The third-order valence-electron chi connectivity index (χ3n) is 1.80. The summed E-state index contributed by atoms with van der Waals surface area (Å²) in [5.41, 5.74) is 6.55. The molecule has 0 atom stereocenters. The van der Waals surface area contributed by atoms with Gasteiger partial charge >= 0.3 is 0 Å². The van der Waals surface area contributed by atoms with Crippen molar-refractivity contribution in [1.82, 2.24) is 0 Å². The maximum absolute atomic E-state index is 11.3.